The van der Waals surface area contributed by atoms with Gasteiger partial charge in [-0.1, -0.05) is 28.1 Å². The van der Waals surface area contributed by atoms with Crippen molar-refractivity contribution in [1.29, 1.82) is 0 Å². The molecule has 2 atom stereocenters. The molecule has 2 aliphatic rings. The van der Waals surface area contributed by atoms with Crippen LogP contribution in [0.15, 0.2) is 58.6 Å². The van der Waals surface area contributed by atoms with Gasteiger partial charge < -0.3 is 14.7 Å². The van der Waals surface area contributed by atoms with Crippen LogP contribution in [0, 0.1) is 0 Å². The molecule has 2 saturated heterocycles. The second-order valence-electron chi connectivity index (χ2n) is 7.78. The second kappa shape index (κ2) is 8.71. The molecule has 2 aromatic carbocycles. The van der Waals surface area contributed by atoms with Crippen LogP contribution in [0.25, 0.3) is 5.76 Å². The van der Waals surface area contributed by atoms with Gasteiger partial charge in [0.2, 0.25) is 0 Å². The van der Waals surface area contributed by atoms with Crippen molar-refractivity contribution in [2.24, 2.45) is 0 Å². The van der Waals surface area contributed by atoms with Crippen LogP contribution in [-0.2, 0) is 19.4 Å². The first kappa shape index (κ1) is 22.5. The number of halogens is 1. The second-order valence-corrected chi connectivity index (χ2v) is 10.9. The Morgan fingerprint density at radius 1 is 1.19 bits per heavy atom. The summed E-state index contributed by atoms with van der Waals surface area (Å²) in [5.74, 6) is -1.56. The van der Waals surface area contributed by atoms with Crippen molar-refractivity contribution in [3.63, 3.8) is 0 Å². The molecule has 0 unspecified atom stereocenters. The van der Waals surface area contributed by atoms with E-state index in [0.29, 0.717) is 23.5 Å². The van der Waals surface area contributed by atoms with Gasteiger partial charge in [0.15, 0.2) is 9.84 Å². The van der Waals surface area contributed by atoms with Gasteiger partial charge in [-0.3, -0.25) is 9.59 Å². The normalized spacial score (nSPS) is 24.1. The molecule has 1 N–H and O–H groups in total. The van der Waals surface area contributed by atoms with Crippen LogP contribution in [0.3, 0.4) is 0 Å². The quantitative estimate of drug-likeness (QED) is 0.368. The van der Waals surface area contributed by atoms with Gasteiger partial charge in [-0.25, -0.2) is 8.42 Å². The van der Waals surface area contributed by atoms with E-state index in [1.54, 1.807) is 42.5 Å². The van der Waals surface area contributed by atoms with Crippen LogP contribution in [0.2, 0.25) is 0 Å². The monoisotopic (exact) mass is 519 g/mol. The first-order valence-corrected chi connectivity index (χ1v) is 12.8. The molecule has 32 heavy (non-hydrogen) atoms. The molecule has 2 fully saturated rings. The fraction of sp³-hybridized carbons (Fsp3) is 0.304. The molecule has 7 nitrogen and oxygen atoms in total. The van der Waals surface area contributed by atoms with Crippen molar-refractivity contribution in [2.75, 3.05) is 18.1 Å². The number of nitrogens with zero attached hydrogens (tertiary/aromatic N) is 1. The number of carbonyl (C=O) groups is 2. The summed E-state index contributed by atoms with van der Waals surface area (Å²) in [6.45, 7) is 2.35. The van der Waals surface area contributed by atoms with Crippen molar-refractivity contribution in [3.05, 3.63) is 69.7 Å². The lowest BCUT2D eigenvalue weighted by Crippen LogP contribution is -2.40. The lowest BCUT2D eigenvalue weighted by atomic mass is 9.94. The highest BCUT2D eigenvalue weighted by atomic mass is 79.9. The van der Waals surface area contributed by atoms with E-state index < -0.39 is 33.6 Å². The van der Waals surface area contributed by atoms with Crippen molar-refractivity contribution in [1.82, 2.24) is 4.90 Å². The minimum Gasteiger partial charge on any atom is -0.507 e. The molecule has 2 aromatic rings. The lowest BCUT2D eigenvalue weighted by Gasteiger charge is -2.30. The zero-order valence-corrected chi connectivity index (χ0v) is 19.7. The predicted octanol–water partition coefficient (Wildman–Crippen LogP) is 3.46. The zero-order valence-electron chi connectivity index (χ0n) is 17.3. The van der Waals surface area contributed by atoms with E-state index in [4.69, 9.17) is 4.74 Å². The number of rotatable bonds is 5. The first-order valence-electron chi connectivity index (χ1n) is 10.2. The van der Waals surface area contributed by atoms with E-state index in [0.717, 1.165) is 4.47 Å². The number of amides is 1. The smallest absolute Gasteiger partial charge is 0.295 e. The highest BCUT2D eigenvalue weighted by Crippen LogP contribution is 2.42. The summed E-state index contributed by atoms with van der Waals surface area (Å²) in [6, 6.07) is 12.1. The van der Waals surface area contributed by atoms with Crippen LogP contribution < -0.4 is 4.74 Å². The number of Topliss-reactive ketones (excluding diaryl/α,β-unsaturated/α-hetero) is 1. The highest BCUT2D eigenvalue weighted by molar-refractivity contribution is 9.10. The number of sulfone groups is 1. The van der Waals surface area contributed by atoms with E-state index >= 15 is 0 Å². The molecule has 1 amide bonds. The van der Waals surface area contributed by atoms with Crippen LogP contribution >= 0.6 is 15.9 Å². The summed E-state index contributed by atoms with van der Waals surface area (Å²) < 4.78 is 30.4. The number of benzene rings is 2. The van der Waals surface area contributed by atoms with E-state index in [9.17, 15) is 23.1 Å². The van der Waals surface area contributed by atoms with E-state index in [1.165, 1.54) is 4.90 Å². The molecule has 2 aliphatic heterocycles. The third-order valence-electron chi connectivity index (χ3n) is 5.69. The van der Waals surface area contributed by atoms with Crippen molar-refractivity contribution in [2.45, 2.75) is 25.4 Å². The predicted molar refractivity (Wildman–Crippen MR) is 123 cm³/mol. The summed E-state index contributed by atoms with van der Waals surface area (Å²) in [6.07, 6.45) is 0.253. The van der Waals surface area contributed by atoms with Gasteiger partial charge in [-0.15, -0.1) is 0 Å². The number of ether oxygens (including phenoxy) is 1. The summed E-state index contributed by atoms with van der Waals surface area (Å²) >= 11 is 3.41. The molecular formula is C23H22BrNO6S. The van der Waals surface area contributed by atoms with Crippen molar-refractivity contribution < 1.29 is 27.9 Å². The number of ketones is 1. The van der Waals surface area contributed by atoms with Gasteiger partial charge >= 0.3 is 0 Å². The molecule has 0 spiro atoms. The summed E-state index contributed by atoms with van der Waals surface area (Å²) in [5.41, 5.74) is 0.919. The molecule has 2 heterocycles. The Morgan fingerprint density at radius 2 is 1.91 bits per heavy atom. The number of aliphatic hydroxyl groups excluding tert-OH is 1. The van der Waals surface area contributed by atoms with Crippen LogP contribution in [0.4, 0.5) is 0 Å². The number of hydrogen-bond acceptors (Lipinski definition) is 6. The highest BCUT2D eigenvalue weighted by Gasteiger charge is 2.50. The van der Waals surface area contributed by atoms with E-state index in [1.807, 2.05) is 13.0 Å². The Labute approximate surface area is 194 Å². The van der Waals surface area contributed by atoms with Gasteiger partial charge in [-0.2, -0.15) is 0 Å². The fourth-order valence-corrected chi connectivity index (χ4v) is 6.38. The average molecular weight is 520 g/mol. The van der Waals surface area contributed by atoms with Gasteiger partial charge in [0.1, 0.15) is 11.5 Å². The summed E-state index contributed by atoms with van der Waals surface area (Å²) in [4.78, 5) is 27.5. The maximum Gasteiger partial charge on any atom is 0.295 e. The Kier molecular flexibility index (Phi) is 6.13. The summed E-state index contributed by atoms with van der Waals surface area (Å²) in [7, 11) is -3.29. The number of carbonyl (C=O) groups excluding carboxylic acids is 2. The number of aliphatic hydroxyl groups is 1. The molecule has 0 saturated carbocycles. The number of likely N-dealkylation sites (tertiary alicyclic amines) is 1. The molecule has 0 radical (unpaired) electrons. The van der Waals surface area contributed by atoms with Gasteiger partial charge in [0.25, 0.3) is 11.7 Å². The van der Waals surface area contributed by atoms with Gasteiger partial charge in [-0.05, 0) is 55.3 Å². The fourth-order valence-electron chi connectivity index (χ4n) is 4.26. The first-order chi connectivity index (χ1) is 15.2. The maximum absolute atomic E-state index is 13.1. The van der Waals surface area contributed by atoms with Gasteiger partial charge in [0, 0.05) is 16.1 Å². The van der Waals surface area contributed by atoms with E-state index in [2.05, 4.69) is 15.9 Å². The largest absolute Gasteiger partial charge is 0.507 e. The van der Waals surface area contributed by atoms with Gasteiger partial charge in [0.05, 0.1) is 29.7 Å². The molecule has 0 bridgehead atoms. The van der Waals surface area contributed by atoms with Crippen LogP contribution in [-0.4, -0.2) is 54.3 Å². The molecular weight excluding hydrogens is 498 g/mol. The minimum atomic E-state index is -3.29. The SMILES string of the molecule is CCOc1ccc(C(O)=C2C(=O)C(=O)N([C@H]3CCS(=O)(=O)C3)[C@H]2c2cccc(Br)c2)cc1. The molecule has 4 rings (SSSR count). The van der Waals surface area contributed by atoms with Crippen molar-refractivity contribution in [3.8, 4) is 5.75 Å². The number of hydrogen-bond donors (Lipinski definition) is 1. The summed E-state index contributed by atoms with van der Waals surface area (Å²) in [5, 5.41) is 11.1. The average Bonchev–Trinajstić information content (AvgIpc) is 3.24. The Hall–Kier alpha value is -2.65. The minimum absolute atomic E-state index is 0.0369. The Balaban J connectivity index is 1.85. The van der Waals surface area contributed by atoms with Crippen LogP contribution in [0.5, 0.6) is 5.75 Å². The standard InChI is InChI=1S/C23H22BrNO6S/c1-2-31-18-8-6-14(7-9-18)21(26)19-20(15-4-3-5-16(24)12-15)25(23(28)22(19)27)17-10-11-32(29,30)13-17/h3-9,12,17,20,26H,2,10-11,13H2,1H3/t17-,20-/m0/s1. The molecule has 9 heteroatoms. The maximum atomic E-state index is 13.1. The van der Waals surface area contributed by atoms with Crippen molar-refractivity contribution >= 4 is 43.2 Å². The molecule has 0 aromatic heterocycles. The van der Waals surface area contributed by atoms with Crippen LogP contribution in [0.1, 0.15) is 30.5 Å². The Bertz CT molecular complexity index is 1210. The molecule has 0 aliphatic carbocycles. The zero-order chi connectivity index (χ0) is 23.0. The lowest BCUT2D eigenvalue weighted by molar-refractivity contribution is -0.141. The topological polar surface area (TPSA) is 101 Å². The third-order valence-corrected chi connectivity index (χ3v) is 7.93. The molecule has 168 valence electrons. The Morgan fingerprint density at radius 3 is 2.50 bits per heavy atom. The van der Waals surface area contributed by atoms with E-state index in [-0.39, 0.29) is 29.3 Å². The third kappa shape index (κ3) is 4.19.